The summed E-state index contributed by atoms with van der Waals surface area (Å²) in [4.78, 5) is 0. The Kier molecular flexibility index (Phi) is 2.12. The molecule has 0 bridgehead atoms. The van der Waals surface area contributed by atoms with Gasteiger partial charge in [-0.25, -0.2) is 0 Å². The molecule has 0 radical (unpaired) electrons. The van der Waals surface area contributed by atoms with E-state index in [0.29, 0.717) is 5.41 Å². The van der Waals surface area contributed by atoms with E-state index in [2.05, 4.69) is 51.1 Å². The molecule has 1 aliphatic rings. The summed E-state index contributed by atoms with van der Waals surface area (Å²) in [7, 11) is 0. The average molecular weight is 199 g/mol. The van der Waals surface area contributed by atoms with E-state index in [4.69, 9.17) is 0 Å². The van der Waals surface area contributed by atoms with E-state index in [0.717, 1.165) is 12.8 Å². The van der Waals surface area contributed by atoms with E-state index < -0.39 is 0 Å². The molecular formula is C14H17N. The molecule has 78 valence electrons. The number of rotatable bonds is 1. The maximum atomic E-state index is 9.36. The second kappa shape index (κ2) is 3.10. The first kappa shape index (κ1) is 10.2. The van der Waals surface area contributed by atoms with Crippen LogP contribution in [0.4, 0.5) is 0 Å². The standard InChI is InChI=1S/C14H17N/c1-11-5-4-6-12(7-11)14(10-15)8-13(2,3)9-14/h4-7H,8-9H2,1-3H3. The highest BCUT2D eigenvalue weighted by atomic mass is 14.5. The van der Waals surface area contributed by atoms with E-state index in [1.165, 1.54) is 11.1 Å². The molecule has 2 rings (SSSR count). The van der Waals surface area contributed by atoms with E-state index in [1.54, 1.807) is 0 Å². The predicted octanol–water partition coefficient (Wildman–Crippen LogP) is 3.58. The summed E-state index contributed by atoms with van der Waals surface area (Å²) in [5.74, 6) is 0. The van der Waals surface area contributed by atoms with Gasteiger partial charge in [0.1, 0.15) is 0 Å². The van der Waals surface area contributed by atoms with E-state index in [1.807, 2.05) is 0 Å². The summed E-state index contributed by atoms with van der Waals surface area (Å²) >= 11 is 0. The van der Waals surface area contributed by atoms with E-state index >= 15 is 0 Å². The predicted molar refractivity (Wildman–Crippen MR) is 61.5 cm³/mol. The zero-order chi connectivity index (χ0) is 11.1. The molecule has 1 fully saturated rings. The van der Waals surface area contributed by atoms with Crippen LogP contribution < -0.4 is 0 Å². The molecule has 0 spiro atoms. The van der Waals surface area contributed by atoms with Gasteiger partial charge in [-0.05, 0) is 30.7 Å². The zero-order valence-corrected chi connectivity index (χ0v) is 9.67. The zero-order valence-electron chi connectivity index (χ0n) is 9.67. The minimum absolute atomic E-state index is 0.213. The molecule has 15 heavy (non-hydrogen) atoms. The molecule has 1 aliphatic carbocycles. The second-order valence-electron chi connectivity index (χ2n) is 5.58. The molecule has 1 saturated carbocycles. The van der Waals surface area contributed by atoms with Gasteiger partial charge in [0.25, 0.3) is 0 Å². The molecule has 0 unspecified atom stereocenters. The van der Waals surface area contributed by atoms with Gasteiger partial charge in [-0.15, -0.1) is 0 Å². The maximum Gasteiger partial charge on any atom is 0.0832 e. The van der Waals surface area contributed by atoms with Crippen molar-refractivity contribution in [1.82, 2.24) is 0 Å². The summed E-state index contributed by atoms with van der Waals surface area (Å²) in [6.07, 6.45) is 1.97. The van der Waals surface area contributed by atoms with Gasteiger partial charge in [0, 0.05) is 0 Å². The van der Waals surface area contributed by atoms with Crippen LogP contribution in [0.25, 0.3) is 0 Å². The highest BCUT2D eigenvalue weighted by Crippen LogP contribution is 2.54. The lowest BCUT2D eigenvalue weighted by molar-refractivity contribution is 0.0999. The van der Waals surface area contributed by atoms with Gasteiger partial charge in [-0.1, -0.05) is 43.7 Å². The van der Waals surface area contributed by atoms with E-state index in [9.17, 15) is 5.26 Å². The highest BCUT2D eigenvalue weighted by molar-refractivity contribution is 5.39. The van der Waals surface area contributed by atoms with Gasteiger partial charge in [0.2, 0.25) is 0 Å². The molecule has 1 aromatic rings. The maximum absolute atomic E-state index is 9.36. The lowest BCUT2D eigenvalue weighted by Crippen LogP contribution is -2.45. The molecule has 0 aliphatic heterocycles. The molecule has 0 saturated heterocycles. The van der Waals surface area contributed by atoms with Gasteiger partial charge in [-0.3, -0.25) is 0 Å². The van der Waals surface area contributed by atoms with Crippen LogP contribution in [-0.2, 0) is 5.41 Å². The fourth-order valence-electron chi connectivity index (χ4n) is 2.87. The third kappa shape index (κ3) is 1.65. The number of aryl methyl sites for hydroxylation is 1. The third-order valence-corrected chi connectivity index (χ3v) is 3.35. The Morgan fingerprint density at radius 1 is 1.27 bits per heavy atom. The lowest BCUT2D eigenvalue weighted by Gasteiger charge is -2.49. The largest absolute Gasteiger partial charge is 0.197 e. The number of nitrogens with zero attached hydrogens (tertiary/aromatic N) is 1. The Balaban J connectivity index is 2.35. The Labute approximate surface area is 91.7 Å². The van der Waals surface area contributed by atoms with Gasteiger partial charge < -0.3 is 0 Å². The third-order valence-electron chi connectivity index (χ3n) is 3.35. The van der Waals surface area contributed by atoms with Gasteiger partial charge in [0.15, 0.2) is 0 Å². The van der Waals surface area contributed by atoms with Crippen LogP contribution in [0, 0.1) is 23.7 Å². The number of hydrogen-bond donors (Lipinski definition) is 0. The van der Waals surface area contributed by atoms with Crippen LogP contribution >= 0.6 is 0 Å². The summed E-state index contributed by atoms with van der Waals surface area (Å²) in [6.45, 7) is 6.55. The monoisotopic (exact) mass is 199 g/mol. The smallest absolute Gasteiger partial charge is 0.0832 e. The molecule has 0 amide bonds. The Bertz CT molecular complexity index is 415. The topological polar surface area (TPSA) is 23.8 Å². The SMILES string of the molecule is Cc1cccc(C2(C#N)CC(C)(C)C2)c1. The Hall–Kier alpha value is -1.29. The normalized spacial score (nSPS) is 21.5. The first-order chi connectivity index (χ1) is 6.97. The minimum Gasteiger partial charge on any atom is -0.197 e. The minimum atomic E-state index is -0.213. The summed E-state index contributed by atoms with van der Waals surface area (Å²) < 4.78 is 0. The Morgan fingerprint density at radius 3 is 2.40 bits per heavy atom. The van der Waals surface area contributed by atoms with Crippen molar-refractivity contribution in [2.24, 2.45) is 5.41 Å². The molecule has 0 atom stereocenters. The van der Waals surface area contributed by atoms with Crippen molar-refractivity contribution < 1.29 is 0 Å². The summed E-state index contributed by atoms with van der Waals surface area (Å²) in [6, 6.07) is 10.9. The molecular weight excluding hydrogens is 182 g/mol. The number of hydrogen-bond acceptors (Lipinski definition) is 1. The summed E-state index contributed by atoms with van der Waals surface area (Å²) in [5.41, 5.74) is 2.56. The van der Waals surface area contributed by atoms with Crippen LogP contribution in [0.15, 0.2) is 24.3 Å². The molecule has 0 heterocycles. The van der Waals surface area contributed by atoms with Crippen LogP contribution in [-0.4, -0.2) is 0 Å². The van der Waals surface area contributed by atoms with Crippen molar-refractivity contribution in [3.63, 3.8) is 0 Å². The first-order valence-electron chi connectivity index (χ1n) is 5.46. The highest BCUT2D eigenvalue weighted by Gasteiger charge is 2.50. The van der Waals surface area contributed by atoms with Crippen molar-refractivity contribution in [2.75, 3.05) is 0 Å². The first-order valence-corrected chi connectivity index (χ1v) is 5.46. The van der Waals surface area contributed by atoms with Crippen molar-refractivity contribution in [3.8, 4) is 6.07 Å². The average Bonchev–Trinajstić information content (AvgIpc) is 2.13. The van der Waals surface area contributed by atoms with Crippen molar-refractivity contribution in [3.05, 3.63) is 35.4 Å². The quantitative estimate of drug-likeness (QED) is 0.678. The van der Waals surface area contributed by atoms with Crippen molar-refractivity contribution in [2.45, 2.75) is 39.0 Å². The van der Waals surface area contributed by atoms with Crippen molar-refractivity contribution in [1.29, 1.82) is 5.26 Å². The molecule has 0 N–H and O–H groups in total. The fraction of sp³-hybridized carbons (Fsp3) is 0.500. The molecule has 0 aromatic heterocycles. The second-order valence-corrected chi connectivity index (χ2v) is 5.58. The molecule has 1 aromatic carbocycles. The Morgan fingerprint density at radius 2 is 1.93 bits per heavy atom. The van der Waals surface area contributed by atoms with E-state index in [-0.39, 0.29) is 5.41 Å². The van der Waals surface area contributed by atoms with Crippen LogP contribution in [0.3, 0.4) is 0 Å². The molecule has 1 nitrogen and oxygen atoms in total. The lowest BCUT2D eigenvalue weighted by atomic mass is 9.52. The summed E-state index contributed by atoms with van der Waals surface area (Å²) in [5, 5.41) is 9.36. The molecule has 1 heteroatoms. The van der Waals surface area contributed by atoms with Crippen LogP contribution in [0.1, 0.15) is 37.8 Å². The van der Waals surface area contributed by atoms with Crippen LogP contribution in [0.5, 0.6) is 0 Å². The van der Waals surface area contributed by atoms with Gasteiger partial charge in [0.05, 0.1) is 11.5 Å². The van der Waals surface area contributed by atoms with Crippen LogP contribution in [0.2, 0.25) is 0 Å². The number of benzene rings is 1. The van der Waals surface area contributed by atoms with Gasteiger partial charge in [-0.2, -0.15) is 5.26 Å². The fourth-order valence-corrected chi connectivity index (χ4v) is 2.87. The number of nitriles is 1. The van der Waals surface area contributed by atoms with Crippen molar-refractivity contribution >= 4 is 0 Å². The van der Waals surface area contributed by atoms with Gasteiger partial charge >= 0.3 is 0 Å².